The monoisotopic (exact) mass is 283 g/mol. The summed E-state index contributed by atoms with van der Waals surface area (Å²) in [5.74, 6) is 1.94. The maximum absolute atomic E-state index is 5.97. The van der Waals surface area contributed by atoms with E-state index in [-0.39, 0.29) is 6.10 Å². The first kappa shape index (κ1) is 13.8. The molecule has 0 spiro atoms. The topological polar surface area (TPSA) is 30.5 Å². The minimum atomic E-state index is 0.198. The van der Waals surface area contributed by atoms with Crippen LogP contribution in [0.25, 0.3) is 0 Å². The molecule has 0 bridgehead atoms. The first-order valence-electron chi connectivity index (χ1n) is 7.30. The van der Waals surface area contributed by atoms with E-state index in [1.807, 2.05) is 12.1 Å². The van der Waals surface area contributed by atoms with Gasteiger partial charge in [0.05, 0.1) is 13.7 Å². The van der Waals surface area contributed by atoms with E-state index in [2.05, 4.69) is 43.4 Å². The molecule has 1 heterocycles. The molecule has 2 aromatic carbocycles. The maximum Gasteiger partial charge on any atom is 0.123 e. The van der Waals surface area contributed by atoms with E-state index in [9.17, 15) is 0 Å². The van der Waals surface area contributed by atoms with Crippen LogP contribution in [0.1, 0.15) is 16.7 Å². The predicted molar refractivity (Wildman–Crippen MR) is 85.5 cm³/mol. The second kappa shape index (κ2) is 5.68. The molecule has 3 rings (SSSR count). The lowest BCUT2D eigenvalue weighted by Gasteiger charge is -2.14. The van der Waals surface area contributed by atoms with Gasteiger partial charge in [-0.05, 0) is 49.2 Å². The van der Waals surface area contributed by atoms with Gasteiger partial charge in [-0.2, -0.15) is 0 Å². The predicted octanol–water partition coefficient (Wildman–Crippen LogP) is 3.73. The minimum absolute atomic E-state index is 0.198. The Morgan fingerprint density at radius 1 is 1.19 bits per heavy atom. The molecular weight excluding hydrogens is 262 g/mol. The highest BCUT2D eigenvalue weighted by atomic mass is 16.5. The van der Waals surface area contributed by atoms with Gasteiger partial charge in [0.2, 0.25) is 0 Å². The zero-order valence-electron chi connectivity index (χ0n) is 12.8. The SMILES string of the molecule is COc1ccc(NCC2Cc3cc(C)ccc3O2)cc1C. The van der Waals surface area contributed by atoms with Crippen LogP contribution in [0.3, 0.4) is 0 Å². The molecule has 3 nitrogen and oxygen atoms in total. The fourth-order valence-corrected chi connectivity index (χ4v) is 2.78. The molecule has 3 heteroatoms. The summed E-state index contributed by atoms with van der Waals surface area (Å²) >= 11 is 0. The molecule has 110 valence electrons. The van der Waals surface area contributed by atoms with E-state index in [1.54, 1.807) is 7.11 Å². The van der Waals surface area contributed by atoms with Crippen LogP contribution in [-0.4, -0.2) is 19.8 Å². The van der Waals surface area contributed by atoms with Crippen molar-refractivity contribution in [2.24, 2.45) is 0 Å². The van der Waals surface area contributed by atoms with Crippen molar-refractivity contribution in [2.45, 2.75) is 26.4 Å². The summed E-state index contributed by atoms with van der Waals surface area (Å²) in [6.45, 7) is 4.97. The minimum Gasteiger partial charge on any atom is -0.496 e. The molecule has 0 aromatic heterocycles. The first-order valence-corrected chi connectivity index (χ1v) is 7.30. The Bertz CT molecular complexity index is 652. The van der Waals surface area contributed by atoms with Gasteiger partial charge in [-0.15, -0.1) is 0 Å². The van der Waals surface area contributed by atoms with Crippen molar-refractivity contribution in [3.63, 3.8) is 0 Å². The number of anilines is 1. The molecule has 1 N–H and O–H groups in total. The van der Waals surface area contributed by atoms with Crippen LogP contribution in [0.4, 0.5) is 5.69 Å². The molecule has 1 unspecified atom stereocenters. The number of hydrogen-bond acceptors (Lipinski definition) is 3. The Morgan fingerprint density at radius 3 is 2.81 bits per heavy atom. The number of fused-ring (bicyclic) bond motifs is 1. The number of rotatable bonds is 4. The van der Waals surface area contributed by atoms with Crippen molar-refractivity contribution < 1.29 is 9.47 Å². The van der Waals surface area contributed by atoms with Crippen LogP contribution in [0.5, 0.6) is 11.5 Å². The average molecular weight is 283 g/mol. The van der Waals surface area contributed by atoms with Crippen molar-refractivity contribution in [1.82, 2.24) is 0 Å². The summed E-state index contributed by atoms with van der Waals surface area (Å²) in [4.78, 5) is 0. The van der Waals surface area contributed by atoms with Crippen LogP contribution in [0, 0.1) is 13.8 Å². The van der Waals surface area contributed by atoms with Crippen molar-refractivity contribution in [3.8, 4) is 11.5 Å². The van der Waals surface area contributed by atoms with Gasteiger partial charge in [-0.3, -0.25) is 0 Å². The number of methoxy groups -OCH3 is 1. The lowest BCUT2D eigenvalue weighted by Crippen LogP contribution is -2.23. The normalized spacial score (nSPS) is 16.2. The van der Waals surface area contributed by atoms with Gasteiger partial charge in [-0.25, -0.2) is 0 Å². The molecule has 0 aliphatic carbocycles. The number of benzene rings is 2. The lowest BCUT2D eigenvalue weighted by molar-refractivity contribution is 0.246. The summed E-state index contributed by atoms with van der Waals surface area (Å²) < 4.78 is 11.3. The van der Waals surface area contributed by atoms with E-state index in [4.69, 9.17) is 9.47 Å². The van der Waals surface area contributed by atoms with Gasteiger partial charge in [0, 0.05) is 12.1 Å². The van der Waals surface area contributed by atoms with Gasteiger partial charge in [0.25, 0.3) is 0 Å². The van der Waals surface area contributed by atoms with E-state index in [0.29, 0.717) is 0 Å². The molecule has 2 aromatic rings. The van der Waals surface area contributed by atoms with E-state index < -0.39 is 0 Å². The van der Waals surface area contributed by atoms with Gasteiger partial charge in [0.15, 0.2) is 0 Å². The summed E-state index contributed by atoms with van der Waals surface area (Å²) in [5.41, 5.74) is 4.84. The van der Waals surface area contributed by atoms with Gasteiger partial charge in [-0.1, -0.05) is 17.7 Å². The number of aryl methyl sites for hydroxylation is 2. The van der Waals surface area contributed by atoms with E-state index >= 15 is 0 Å². The van der Waals surface area contributed by atoms with Crippen molar-refractivity contribution >= 4 is 5.69 Å². The van der Waals surface area contributed by atoms with Gasteiger partial charge >= 0.3 is 0 Å². The fourth-order valence-electron chi connectivity index (χ4n) is 2.78. The third-order valence-corrected chi connectivity index (χ3v) is 3.89. The quantitative estimate of drug-likeness (QED) is 0.927. The average Bonchev–Trinajstić information content (AvgIpc) is 2.87. The smallest absolute Gasteiger partial charge is 0.123 e. The third kappa shape index (κ3) is 2.97. The first-order chi connectivity index (χ1) is 10.2. The number of ether oxygens (including phenoxy) is 2. The second-order valence-corrected chi connectivity index (χ2v) is 5.62. The summed E-state index contributed by atoms with van der Waals surface area (Å²) in [6.07, 6.45) is 1.17. The maximum atomic E-state index is 5.97. The zero-order valence-corrected chi connectivity index (χ0v) is 12.8. The molecule has 0 amide bonds. The number of nitrogens with one attached hydrogen (secondary N) is 1. The Morgan fingerprint density at radius 2 is 2.05 bits per heavy atom. The van der Waals surface area contributed by atoms with Crippen LogP contribution < -0.4 is 14.8 Å². The van der Waals surface area contributed by atoms with Crippen LogP contribution >= 0.6 is 0 Å². The van der Waals surface area contributed by atoms with E-state index in [1.165, 1.54) is 11.1 Å². The number of hydrogen-bond donors (Lipinski definition) is 1. The molecule has 1 aliphatic rings. The Labute approximate surface area is 125 Å². The fraction of sp³-hybridized carbons (Fsp3) is 0.333. The molecule has 0 saturated carbocycles. The summed E-state index contributed by atoms with van der Waals surface area (Å²) in [5, 5.41) is 3.45. The largest absolute Gasteiger partial charge is 0.496 e. The zero-order chi connectivity index (χ0) is 14.8. The molecule has 21 heavy (non-hydrogen) atoms. The highest BCUT2D eigenvalue weighted by Gasteiger charge is 2.22. The highest BCUT2D eigenvalue weighted by molar-refractivity contribution is 5.51. The molecular formula is C18H21NO2. The summed E-state index contributed by atoms with van der Waals surface area (Å²) in [6, 6.07) is 12.5. The molecule has 1 aliphatic heterocycles. The Kier molecular flexibility index (Phi) is 3.74. The molecule has 0 saturated heterocycles. The van der Waals surface area contributed by atoms with Crippen molar-refractivity contribution in [1.29, 1.82) is 0 Å². The second-order valence-electron chi connectivity index (χ2n) is 5.62. The van der Waals surface area contributed by atoms with Crippen LogP contribution in [-0.2, 0) is 6.42 Å². The van der Waals surface area contributed by atoms with Crippen molar-refractivity contribution in [3.05, 3.63) is 53.1 Å². The van der Waals surface area contributed by atoms with Crippen LogP contribution in [0.15, 0.2) is 36.4 Å². The van der Waals surface area contributed by atoms with E-state index in [0.717, 1.165) is 35.7 Å². The van der Waals surface area contributed by atoms with Crippen LogP contribution in [0.2, 0.25) is 0 Å². The Balaban J connectivity index is 1.61. The third-order valence-electron chi connectivity index (χ3n) is 3.89. The molecule has 1 atom stereocenters. The molecule has 0 radical (unpaired) electrons. The standard InChI is InChI=1S/C18H21NO2/c1-12-4-6-18-14(8-12)10-16(21-18)11-19-15-5-7-17(20-3)13(2)9-15/h4-9,16,19H,10-11H2,1-3H3. The lowest BCUT2D eigenvalue weighted by atomic mass is 10.1. The Hall–Kier alpha value is -2.16. The van der Waals surface area contributed by atoms with Gasteiger partial charge < -0.3 is 14.8 Å². The van der Waals surface area contributed by atoms with Gasteiger partial charge in [0.1, 0.15) is 17.6 Å². The molecule has 0 fully saturated rings. The highest BCUT2D eigenvalue weighted by Crippen LogP contribution is 2.29. The van der Waals surface area contributed by atoms with Crippen molar-refractivity contribution in [2.75, 3.05) is 19.0 Å². The summed E-state index contributed by atoms with van der Waals surface area (Å²) in [7, 11) is 1.70.